The minimum Gasteiger partial charge on any atom is -0.471 e. The zero-order valence-corrected chi connectivity index (χ0v) is 9.16. The third-order valence-corrected chi connectivity index (χ3v) is 2.60. The van der Waals surface area contributed by atoms with Gasteiger partial charge >= 0.3 is 0 Å². The fraction of sp³-hybridized carbons (Fsp3) is 0.900. The molecule has 1 rings (SSSR count). The number of rotatable bonds is 3. The molecular formula is C10H19NOS. The molecule has 1 fully saturated rings. The molecule has 1 aliphatic carbocycles. The highest BCUT2D eigenvalue weighted by molar-refractivity contribution is 7.80. The van der Waals surface area contributed by atoms with E-state index in [-0.39, 0.29) is 0 Å². The predicted molar refractivity (Wildman–Crippen MR) is 58.8 cm³/mol. The molecule has 0 saturated heterocycles. The van der Waals surface area contributed by atoms with Gasteiger partial charge < -0.3 is 10.1 Å². The quantitative estimate of drug-likeness (QED) is 0.709. The van der Waals surface area contributed by atoms with Gasteiger partial charge in [0, 0.05) is 6.04 Å². The minimum absolute atomic E-state index is 0.568. The zero-order valence-electron chi connectivity index (χ0n) is 8.34. The molecule has 0 spiro atoms. The summed E-state index contributed by atoms with van der Waals surface area (Å²) in [6.07, 6.45) is 7.54. The van der Waals surface area contributed by atoms with Gasteiger partial charge in [0.1, 0.15) is 0 Å². The maximum Gasteiger partial charge on any atom is 0.256 e. The van der Waals surface area contributed by atoms with Crippen LogP contribution >= 0.6 is 12.2 Å². The van der Waals surface area contributed by atoms with Crippen molar-refractivity contribution >= 4 is 17.4 Å². The molecule has 0 aliphatic heterocycles. The Morgan fingerprint density at radius 2 is 2.08 bits per heavy atom. The molecular weight excluding hydrogens is 182 g/mol. The maximum atomic E-state index is 5.31. The maximum absolute atomic E-state index is 5.31. The number of ether oxygens (including phenoxy) is 1. The molecule has 0 bridgehead atoms. The number of hydrogen-bond donors (Lipinski definition) is 1. The summed E-state index contributed by atoms with van der Waals surface area (Å²) in [6, 6.07) is 0.568. The third-order valence-electron chi connectivity index (χ3n) is 2.36. The minimum atomic E-state index is 0.568. The van der Waals surface area contributed by atoms with Crippen LogP contribution in [0.25, 0.3) is 0 Å². The first kappa shape index (κ1) is 10.8. The lowest BCUT2D eigenvalue weighted by Crippen LogP contribution is -2.36. The summed E-state index contributed by atoms with van der Waals surface area (Å²) < 4.78 is 5.31. The molecule has 0 aromatic rings. The van der Waals surface area contributed by atoms with E-state index in [9.17, 15) is 0 Å². The normalized spacial score (nSPS) is 18.2. The van der Waals surface area contributed by atoms with Crippen molar-refractivity contribution in [2.45, 2.75) is 51.5 Å². The lowest BCUT2D eigenvalue weighted by molar-refractivity contribution is 0.284. The SMILES string of the molecule is CCCOC(=S)NC1CCCCC1. The zero-order chi connectivity index (χ0) is 9.52. The molecule has 0 aromatic carbocycles. The Morgan fingerprint density at radius 3 is 2.69 bits per heavy atom. The molecule has 3 heteroatoms. The second-order valence-electron chi connectivity index (χ2n) is 3.62. The summed E-state index contributed by atoms with van der Waals surface area (Å²) in [5.41, 5.74) is 0. The highest BCUT2D eigenvalue weighted by Gasteiger charge is 2.13. The van der Waals surface area contributed by atoms with E-state index in [1.807, 2.05) is 0 Å². The summed E-state index contributed by atoms with van der Waals surface area (Å²) in [6.45, 7) is 2.82. The van der Waals surface area contributed by atoms with E-state index in [0.717, 1.165) is 13.0 Å². The first-order chi connectivity index (χ1) is 6.33. The van der Waals surface area contributed by atoms with Gasteiger partial charge in [-0.3, -0.25) is 0 Å². The van der Waals surface area contributed by atoms with Crippen LogP contribution in [0.4, 0.5) is 0 Å². The van der Waals surface area contributed by atoms with Crippen molar-refractivity contribution in [1.29, 1.82) is 0 Å². The van der Waals surface area contributed by atoms with Gasteiger partial charge in [0.2, 0.25) is 0 Å². The van der Waals surface area contributed by atoms with E-state index in [0.29, 0.717) is 11.2 Å². The second-order valence-corrected chi connectivity index (χ2v) is 3.99. The number of thiocarbonyl (C=S) groups is 1. The molecule has 0 heterocycles. The van der Waals surface area contributed by atoms with Crippen molar-refractivity contribution in [3.05, 3.63) is 0 Å². The Bertz CT molecular complexity index is 155. The van der Waals surface area contributed by atoms with Crippen LogP contribution < -0.4 is 5.32 Å². The van der Waals surface area contributed by atoms with Crippen LogP contribution in [-0.4, -0.2) is 17.8 Å². The third kappa shape index (κ3) is 4.46. The lowest BCUT2D eigenvalue weighted by Gasteiger charge is -2.23. The average molecular weight is 201 g/mol. The van der Waals surface area contributed by atoms with Crippen LogP contribution in [0.5, 0.6) is 0 Å². The fourth-order valence-corrected chi connectivity index (χ4v) is 1.90. The topological polar surface area (TPSA) is 21.3 Å². The standard InChI is InChI=1S/C10H19NOS/c1-2-8-12-10(13)11-9-6-4-3-5-7-9/h9H,2-8H2,1H3,(H,11,13). The van der Waals surface area contributed by atoms with Crippen LogP contribution in [0.2, 0.25) is 0 Å². The molecule has 0 atom stereocenters. The van der Waals surface area contributed by atoms with E-state index >= 15 is 0 Å². The van der Waals surface area contributed by atoms with E-state index in [1.54, 1.807) is 0 Å². The molecule has 1 saturated carbocycles. The van der Waals surface area contributed by atoms with Gasteiger partial charge in [0.25, 0.3) is 5.17 Å². The van der Waals surface area contributed by atoms with E-state index in [2.05, 4.69) is 12.2 Å². The Hall–Kier alpha value is -0.310. The van der Waals surface area contributed by atoms with Gasteiger partial charge in [-0.25, -0.2) is 0 Å². The van der Waals surface area contributed by atoms with Gasteiger partial charge in [-0.05, 0) is 31.5 Å². The summed E-state index contributed by atoms with van der Waals surface area (Å²) in [5.74, 6) is 0. The Morgan fingerprint density at radius 1 is 1.38 bits per heavy atom. The van der Waals surface area contributed by atoms with Crippen LogP contribution in [0.3, 0.4) is 0 Å². The number of hydrogen-bond acceptors (Lipinski definition) is 2. The lowest BCUT2D eigenvalue weighted by atomic mass is 9.96. The van der Waals surface area contributed by atoms with Crippen LogP contribution in [-0.2, 0) is 4.74 Å². The van der Waals surface area contributed by atoms with Crippen molar-refractivity contribution in [3.8, 4) is 0 Å². The molecule has 2 nitrogen and oxygen atoms in total. The van der Waals surface area contributed by atoms with Gasteiger partial charge in [-0.1, -0.05) is 26.2 Å². The summed E-state index contributed by atoms with van der Waals surface area (Å²) >= 11 is 5.07. The first-order valence-electron chi connectivity index (χ1n) is 5.26. The van der Waals surface area contributed by atoms with Crippen LogP contribution in [0, 0.1) is 0 Å². The van der Waals surface area contributed by atoms with Crippen LogP contribution in [0.1, 0.15) is 45.4 Å². The van der Waals surface area contributed by atoms with Crippen molar-refractivity contribution in [2.24, 2.45) is 0 Å². The molecule has 1 aliphatic rings. The van der Waals surface area contributed by atoms with Gasteiger partial charge in [0.15, 0.2) is 0 Å². The van der Waals surface area contributed by atoms with Crippen molar-refractivity contribution in [2.75, 3.05) is 6.61 Å². The van der Waals surface area contributed by atoms with E-state index in [4.69, 9.17) is 17.0 Å². The van der Waals surface area contributed by atoms with Crippen molar-refractivity contribution in [1.82, 2.24) is 5.32 Å². The van der Waals surface area contributed by atoms with Crippen molar-refractivity contribution < 1.29 is 4.74 Å². The van der Waals surface area contributed by atoms with E-state index < -0.39 is 0 Å². The molecule has 0 aromatic heterocycles. The largest absolute Gasteiger partial charge is 0.471 e. The monoisotopic (exact) mass is 201 g/mol. The summed E-state index contributed by atoms with van der Waals surface area (Å²) in [4.78, 5) is 0. The van der Waals surface area contributed by atoms with Gasteiger partial charge in [-0.2, -0.15) is 0 Å². The molecule has 0 unspecified atom stereocenters. The summed E-state index contributed by atoms with van der Waals surface area (Å²) in [5, 5.41) is 3.85. The predicted octanol–water partition coefficient (Wildman–Crippen LogP) is 2.62. The van der Waals surface area contributed by atoms with Crippen LogP contribution in [0.15, 0.2) is 0 Å². The van der Waals surface area contributed by atoms with E-state index in [1.165, 1.54) is 32.1 Å². The van der Waals surface area contributed by atoms with Gasteiger partial charge in [0.05, 0.1) is 6.61 Å². The highest BCUT2D eigenvalue weighted by atomic mass is 32.1. The average Bonchev–Trinajstić information content (AvgIpc) is 2.16. The second kappa shape index (κ2) is 6.19. The number of nitrogens with one attached hydrogen (secondary N) is 1. The van der Waals surface area contributed by atoms with Crippen molar-refractivity contribution in [3.63, 3.8) is 0 Å². The Balaban J connectivity index is 2.11. The molecule has 0 amide bonds. The Labute approximate surface area is 86.0 Å². The fourth-order valence-electron chi connectivity index (χ4n) is 1.65. The van der Waals surface area contributed by atoms with Gasteiger partial charge in [-0.15, -0.1) is 0 Å². The highest BCUT2D eigenvalue weighted by Crippen LogP contribution is 2.17. The summed E-state index contributed by atoms with van der Waals surface area (Å²) in [7, 11) is 0. The smallest absolute Gasteiger partial charge is 0.256 e. The Kier molecular flexibility index (Phi) is 5.13. The molecule has 0 radical (unpaired) electrons. The molecule has 13 heavy (non-hydrogen) atoms. The first-order valence-corrected chi connectivity index (χ1v) is 5.67. The molecule has 76 valence electrons. The molecule has 1 N–H and O–H groups in total.